The third kappa shape index (κ3) is 13.7. The number of aliphatic hydroxyl groups excluding tert-OH is 1. The zero-order chi connectivity index (χ0) is 19.5. The van der Waals surface area contributed by atoms with Crippen LogP contribution >= 0.6 is 0 Å². The van der Waals surface area contributed by atoms with E-state index in [1.807, 2.05) is 6.92 Å². The molecule has 26 heavy (non-hydrogen) atoms. The number of nitrogens with two attached hydrogens (primary N) is 1. The highest BCUT2D eigenvalue weighted by atomic mass is 16.3. The minimum Gasteiger partial charge on any atom is -0.396 e. The van der Waals surface area contributed by atoms with Crippen LogP contribution in [0.3, 0.4) is 0 Å². The molecular weight excluding hydrogens is 322 g/mol. The van der Waals surface area contributed by atoms with Crippen LogP contribution in [0.15, 0.2) is 0 Å². The Hall–Kier alpha value is -0.410. The summed E-state index contributed by atoms with van der Waals surface area (Å²) in [6, 6.07) is 0. The molecular formula is C23H47NO2. The Kier molecular flexibility index (Phi) is 17.7. The number of ketones is 1. The Morgan fingerprint density at radius 2 is 1.12 bits per heavy atom. The average Bonchev–Trinajstić information content (AvgIpc) is 2.64. The van der Waals surface area contributed by atoms with Crippen LogP contribution in [-0.4, -0.2) is 23.0 Å². The van der Waals surface area contributed by atoms with Crippen LogP contribution in [-0.2, 0) is 4.79 Å². The van der Waals surface area contributed by atoms with Gasteiger partial charge in [-0.25, -0.2) is 0 Å². The van der Waals surface area contributed by atoms with Gasteiger partial charge in [0, 0.05) is 13.0 Å². The fraction of sp³-hybridized carbons (Fsp3) is 0.957. The molecule has 1 unspecified atom stereocenters. The molecule has 0 heterocycles. The smallest absolute Gasteiger partial charge is 0.152 e. The van der Waals surface area contributed by atoms with Crippen molar-refractivity contribution in [3.63, 3.8) is 0 Å². The van der Waals surface area contributed by atoms with Crippen molar-refractivity contribution in [2.75, 3.05) is 6.61 Å². The zero-order valence-electron chi connectivity index (χ0n) is 17.9. The van der Waals surface area contributed by atoms with Crippen LogP contribution < -0.4 is 5.73 Å². The van der Waals surface area contributed by atoms with E-state index in [1.54, 1.807) is 0 Å². The van der Waals surface area contributed by atoms with Gasteiger partial charge in [0.15, 0.2) is 5.78 Å². The first-order chi connectivity index (χ1) is 12.6. The summed E-state index contributed by atoms with van der Waals surface area (Å²) < 4.78 is 0. The number of unbranched alkanes of at least 4 members (excludes halogenated alkanes) is 14. The molecule has 0 saturated heterocycles. The molecule has 3 heteroatoms. The maximum Gasteiger partial charge on any atom is 0.152 e. The van der Waals surface area contributed by atoms with E-state index in [0.29, 0.717) is 19.3 Å². The van der Waals surface area contributed by atoms with Gasteiger partial charge in [-0.15, -0.1) is 0 Å². The summed E-state index contributed by atoms with van der Waals surface area (Å²) in [5.41, 5.74) is 5.30. The number of rotatable bonds is 20. The predicted molar refractivity (Wildman–Crippen MR) is 113 cm³/mol. The van der Waals surface area contributed by atoms with E-state index in [1.165, 1.54) is 83.5 Å². The summed E-state index contributed by atoms with van der Waals surface area (Å²) in [4.78, 5) is 12.2. The van der Waals surface area contributed by atoms with Crippen molar-refractivity contribution in [3.05, 3.63) is 0 Å². The van der Waals surface area contributed by atoms with Gasteiger partial charge >= 0.3 is 0 Å². The van der Waals surface area contributed by atoms with Crippen LogP contribution in [0.4, 0.5) is 0 Å². The SMILES string of the molecule is CCCCCCCCCCCCCCCCCC(=O)C(N)(CC)CCO. The van der Waals surface area contributed by atoms with Gasteiger partial charge in [0.1, 0.15) is 0 Å². The second-order valence-corrected chi connectivity index (χ2v) is 8.11. The summed E-state index contributed by atoms with van der Waals surface area (Å²) in [7, 11) is 0. The normalized spacial score (nSPS) is 13.7. The molecule has 1 atom stereocenters. The fourth-order valence-corrected chi connectivity index (χ4v) is 3.62. The zero-order valence-corrected chi connectivity index (χ0v) is 17.9. The van der Waals surface area contributed by atoms with Crippen LogP contribution in [0.25, 0.3) is 0 Å². The fourth-order valence-electron chi connectivity index (χ4n) is 3.62. The summed E-state index contributed by atoms with van der Waals surface area (Å²) in [5.74, 6) is 0.128. The van der Waals surface area contributed by atoms with Gasteiger partial charge in [0.25, 0.3) is 0 Å². The molecule has 0 saturated carbocycles. The Bertz CT molecular complexity index is 319. The molecule has 3 N–H and O–H groups in total. The van der Waals surface area contributed by atoms with E-state index >= 15 is 0 Å². The summed E-state index contributed by atoms with van der Waals surface area (Å²) in [5, 5.41) is 9.05. The van der Waals surface area contributed by atoms with E-state index in [9.17, 15) is 4.79 Å². The summed E-state index contributed by atoms with van der Waals surface area (Å²) >= 11 is 0. The molecule has 0 amide bonds. The van der Waals surface area contributed by atoms with Crippen molar-refractivity contribution in [3.8, 4) is 0 Å². The molecule has 156 valence electrons. The van der Waals surface area contributed by atoms with Crippen molar-refractivity contribution >= 4 is 5.78 Å². The van der Waals surface area contributed by atoms with Gasteiger partial charge in [0.05, 0.1) is 5.54 Å². The minimum absolute atomic E-state index is 0.00502. The van der Waals surface area contributed by atoms with Crippen molar-refractivity contribution in [2.24, 2.45) is 5.73 Å². The monoisotopic (exact) mass is 369 g/mol. The Labute approximate surface area is 163 Å². The second-order valence-electron chi connectivity index (χ2n) is 8.11. The van der Waals surface area contributed by atoms with Crippen LogP contribution in [0, 0.1) is 0 Å². The van der Waals surface area contributed by atoms with Crippen molar-refractivity contribution < 1.29 is 9.90 Å². The topological polar surface area (TPSA) is 63.3 Å². The number of hydrogen-bond acceptors (Lipinski definition) is 3. The summed E-state index contributed by atoms with van der Waals surface area (Å²) in [6.45, 7) is 4.20. The molecule has 0 fully saturated rings. The molecule has 0 aromatic carbocycles. The number of Topliss-reactive ketones (excluding diaryl/α,β-unsaturated/α-hetero) is 1. The van der Waals surface area contributed by atoms with Gasteiger partial charge < -0.3 is 10.8 Å². The Morgan fingerprint density at radius 1 is 0.731 bits per heavy atom. The van der Waals surface area contributed by atoms with Crippen LogP contribution in [0.5, 0.6) is 0 Å². The van der Waals surface area contributed by atoms with Crippen molar-refractivity contribution in [1.82, 2.24) is 0 Å². The lowest BCUT2D eigenvalue weighted by molar-refractivity contribution is -0.125. The Balaban J connectivity index is 3.35. The Morgan fingerprint density at radius 3 is 1.46 bits per heavy atom. The summed E-state index contributed by atoms with van der Waals surface area (Å²) in [6.07, 6.45) is 21.6. The first-order valence-electron chi connectivity index (χ1n) is 11.5. The maximum atomic E-state index is 12.2. The molecule has 0 aromatic heterocycles. The molecule has 0 bridgehead atoms. The third-order valence-electron chi connectivity index (χ3n) is 5.75. The average molecular weight is 370 g/mol. The van der Waals surface area contributed by atoms with E-state index in [0.717, 1.165) is 12.8 Å². The predicted octanol–water partition coefficient (Wildman–Crippen LogP) is 6.31. The number of carbonyl (C=O) groups excluding carboxylic acids is 1. The standard InChI is InChI=1S/C23H47NO2/c1-3-5-6-7-8-9-10-11-12-13-14-15-16-17-18-19-22(26)23(24,4-2)20-21-25/h25H,3-21,24H2,1-2H3. The van der Waals surface area contributed by atoms with E-state index < -0.39 is 5.54 Å². The van der Waals surface area contributed by atoms with Gasteiger partial charge in [-0.2, -0.15) is 0 Å². The highest BCUT2D eigenvalue weighted by molar-refractivity contribution is 5.88. The highest BCUT2D eigenvalue weighted by Gasteiger charge is 2.30. The number of carbonyl (C=O) groups is 1. The van der Waals surface area contributed by atoms with Gasteiger partial charge in [-0.1, -0.05) is 104 Å². The van der Waals surface area contributed by atoms with Crippen LogP contribution in [0.2, 0.25) is 0 Å². The lowest BCUT2D eigenvalue weighted by Crippen LogP contribution is -2.48. The second kappa shape index (κ2) is 18.0. The molecule has 0 radical (unpaired) electrons. The van der Waals surface area contributed by atoms with E-state index in [4.69, 9.17) is 10.8 Å². The highest BCUT2D eigenvalue weighted by Crippen LogP contribution is 2.18. The van der Waals surface area contributed by atoms with E-state index in [2.05, 4.69) is 6.92 Å². The van der Waals surface area contributed by atoms with Crippen molar-refractivity contribution in [1.29, 1.82) is 0 Å². The molecule has 0 aromatic rings. The lowest BCUT2D eigenvalue weighted by Gasteiger charge is -2.25. The molecule has 3 nitrogen and oxygen atoms in total. The molecule has 0 rings (SSSR count). The number of hydrogen-bond donors (Lipinski definition) is 2. The van der Waals surface area contributed by atoms with Crippen LogP contribution in [0.1, 0.15) is 129 Å². The quantitative estimate of drug-likeness (QED) is 0.247. The van der Waals surface area contributed by atoms with Crippen molar-refractivity contribution in [2.45, 2.75) is 135 Å². The minimum atomic E-state index is -0.801. The first-order valence-corrected chi connectivity index (χ1v) is 11.5. The largest absolute Gasteiger partial charge is 0.396 e. The lowest BCUT2D eigenvalue weighted by atomic mass is 9.86. The number of aliphatic hydroxyl groups is 1. The first kappa shape index (κ1) is 25.6. The molecule has 0 aliphatic rings. The van der Waals surface area contributed by atoms with Gasteiger partial charge in [-0.3, -0.25) is 4.79 Å². The molecule has 0 aliphatic carbocycles. The maximum absolute atomic E-state index is 12.2. The molecule has 0 spiro atoms. The molecule has 0 aliphatic heterocycles. The van der Waals surface area contributed by atoms with Gasteiger partial charge in [-0.05, 0) is 19.3 Å². The van der Waals surface area contributed by atoms with E-state index in [-0.39, 0.29) is 12.4 Å². The third-order valence-corrected chi connectivity index (χ3v) is 5.75. The van der Waals surface area contributed by atoms with Gasteiger partial charge in [0.2, 0.25) is 0 Å².